The lowest BCUT2D eigenvalue weighted by Crippen LogP contribution is -2.45. The van der Waals surface area contributed by atoms with Gasteiger partial charge >= 0.3 is 0 Å². The molecule has 2 aliphatic heterocycles. The Bertz CT molecular complexity index is 889. The van der Waals surface area contributed by atoms with Gasteiger partial charge in [-0.15, -0.1) is 0 Å². The van der Waals surface area contributed by atoms with Crippen LogP contribution in [0.5, 0.6) is 0 Å². The molecule has 2 aromatic rings. The predicted octanol–water partition coefficient (Wildman–Crippen LogP) is 6.09. The Morgan fingerprint density at radius 1 is 0.929 bits per heavy atom. The Kier molecular flexibility index (Phi) is 4.36. The minimum Gasteiger partial charge on any atom is -0.352 e. The van der Waals surface area contributed by atoms with Crippen LogP contribution in [-0.2, 0) is 0 Å². The Balaban J connectivity index is 1.60. The number of hydrogen-bond donors (Lipinski definition) is 0. The average Bonchev–Trinajstić information content (AvgIpc) is 3.26. The van der Waals surface area contributed by atoms with Crippen molar-refractivity contribution in [1.29, 1.82) is 0 Å². The summed E-state index contributed by atoms with van der Waals surface area (Å²) in [4.78, 5) is 5.21. The molecular formula is C26H32N2. The minimum atomic E-state index is -0.703. The fourth-order valence-electron chi connectivity index (χ4n) is 5.83. The number of para-hydroxylation sites is 1. The van der Waals surface area contributed by atoms with E-state index in [2.05, 4.69) is 84.5 Å². The molecular weight excluding hydrogens is 340 g/mol. The third kappa shape index (κ3) is 2.85. The average molecular weight is 374 g/mol. The van der Waals surface area contributed by atoms with Crippen molar-refractivity contribution >= 4 is 5.69 Å². The lowest BCUT2D eigenvalue weighted by molar-refractivity contribution is 0.180. The summed E-state index contributed by atoms with van der Waals surface area (Å²) in [5, 5.41) is 0. The monoisotopic (exact) mass is 373 g/mol. The van der Waals surface area contributed by atoms with Crippen LogP contribution in [0.15, 0.2) is 66.9 Å². The molecule has 2 aromatic carbocycles. The van der Waals surface area contributed by atoms with Crippen LogP contribution in [0.1, 0.15) is 57.4 Å². The van der Waals surface area contributed by atoms with Gasteiger partial charge < -0.3 is 9.80 Å². The van der Waals surface area contributed by atoms with E-state index in [9.17, 15) is 1.37 Å². The number of nitrogens with zero attached hydrogens (tertiary/aromatic N) is 2. The summed E-state index contributed by atoms with van der Waals surface area (Å²) in [7, 11) is 0. The van der Waals surface area contributed by atoms with Crippen molar-refractivity contribution in [3.8, 4) is 0 Å². The zero-order valence-electron chi connectivity index (χ0n) is 18.1. The molecule has 2 fully saturated rings. The molecule has 0 aromatic heterocycles. The maximum Gasteiger partial charge on any atom is 0.105 e. The normalized spacial score (nSPS) is 33.2. The highest BCUT2D eigenvalue weighted by atomic mass is 15.5. The Hall–Kier alpha value is -2.22. The SMILES string of the molecule is [2H]C1(c2ccccc2)C=CN2C(C3CCCCC3)N(c3ccccc3C)[C@@H](C)C21. The van der Waals surface area contributed by atoms with Crippen LogP contribution in [0.25, 0.3) is 0 Å². The lowest BCUT2D eigenvalue weighted by Gasteiger charge is -2.40. The Labute approximate surface area is 171 Å². The topological polar surface area (TPSA) is 6.48 Å². The molecule has 146 valence electrons. The standard InChI is InChI=1S/C26H32N2/c1-19-11-9-10-16-24(19)28-20(2)25-23(21-12-5-3-6-13-21)17-18-27(25)26(28)22-14-7-4-8-15-22/h3,5-6,9-13,16-18,20,22-23,25-26H,4,7-8,14-15H2,1-2H3/t20-,23?,25?,26?/m0/s1/i23D. The number of benzene rings is 2. The van der Waals surface area contributed by atoms with Gasteiger partial charge in [0.15, 0.2) is 0 Å². The van der Waals surface area contributed by atoms with Gasteiger partial charge in [-0.1, -0.05) is 73.9 Å². The Morgan fingerprint density at radius 2 is 1.64 bits per heavy atom. The van der Waals surface area contributed by atoms with E-state index in [-0.39, 0.29) is 12.1 Å². The van der Waals surface area contributed by atoms with E-state index in [0.29, 0.717) is 12.1 Å². The Morgan fingerprint density at radius 3 is 2.39 bits per heavy atom. The molecule has 0 spiro atoms. The molecule has 0 bridgehead atoms. The zero-order valence-corrected chi connectivity index (χ0v) is 17.1. The van der Waals surface area contributed by atoms with Crippen molar-refractivity contribution < 1.29 is 1.37 Å². The van der Waals surface area contributed by atoms with E-state index in [0.717, 1.165) is 5.56 Å². The van der Waals surface area contributed by atoms with Crippen LogP contribution in [0, 0.1) is 12.8 Å². The molecule has 0 N–H and O–H groups in total. The molecule has 0 amide bonds. The fourth-order valence-corrected chi connectivity index (χ4v) is 5.83. The highest BCUT2D eigenvalue weighted by Gasteiger charge is 2.51. The summed E-state index contributed by atoms with van der Waals surface area (Å²) >= 11 is 0. The number of anilines is 1. The van der Waals surface area contributed by atoms with E-state index in [1.54, 1.807) is 0 Å². The summed E-state index contributed by atoms with van der Waals surface area (Å²) < 4.78 is 9.53. The molecule has 1 aliphatic carbocycles. The lowest BCUT2D eigenvalue weighted by atomic mass is 9.86. The van der Waals surface area contributed by atoms with Crippen molar-refractivity contribution in [1.82, 2.24) is 4.90 Å². The first-order chi connectivity index (χ1) is 14.1. The van der Waals surface area contributed by atoms with Crippen LogP contribution >= 0.6 is 0 Å². The molecule has 2 nitrogen and oxygen atoms in total. The third-order valence-electron chi connectivity index (χ3n) is 7.12. The molecule has 4 atom stereocenters. The third-order valence-corrected chi connectivity index (χ3v) is 7.12. The zero-order chi connectivity index (χ0) is 20.0. The van der Waals surface area contributed by atoms with Crippen molar-refractivity contribution in [2.45, 2.75) is 70.1 Å². The van der Waals surface area contributed by atoms with Gasteiger partial charge in [0.25, 0.3) is 0 Å². The fraction of sp³-hybridized carbons (Fsp3) is 0.462. The molecule has 2 heterocycles. The summed E-state index contributed by atoms with van der Waals surface area (Å²) in [6.07, 6.45) is 11.4. The van der Waals surface area contributed by atoms with Gasteiger partial charge in [-0.25, -0.2) is 0 Å². The first kappa shape index (κ1) is 16.7. The van der Waals surface area contributed by atoms with Crippen molar-refractivity contribution in [3.05, 3.63) is 78.0 Å². The first-order valence-corrected chi connectivity index (χ1v) is 11.0. The summed E-state index contributed by atoms with van der Waals surface area (Å²) in [6, 6.07) is 19.6. The second kappa shape index (κ2) is 7.31. The maximum absolute atomic E-state index is 9.53. The quantitative estimate of drug-likeness (QED) is 0.642. The van der Waals surface area contributed by atoms with Gasteiger partial charge in [0.2, 0.25) is 0 Å². The van der Waals surface area contributed by atoms with Gasteiger partial charge in [-0.3, -0.25) is 0 Å². The van der Waals surface area contributed by atoms with Gasteiger partial charge in [0.05, 0.1) is 6.04 Å². The van der Waals surface area contributed by atoms with Gasteiger partial charge in [0, 0.05) is 19.0 Å². The molecule has 1 saturated heterocycles. The van der Waals surface area contributed by atoms with Crippen LogP contribution in [-0.4, -0.2) is 23.1 Å². The molecule has 28 heavy (non-hydrogen) atoms. The van der Waals surface area contributed by atoms with Gasteiger partial charge in [-0.05, 0) is 56.0 Å². The number of hydrogen-bond acceptors (Lipinski definition) is 2. The van der Waals surface area contributed by atoms with E-state index in [4.69, 9.17) is 0 Å². The molecule has 2 heteroatoms. The molecule has 1 saturated carbocycles. The van der Waals surface area contributed by atoms with E-state index in [1.807, 2.05) is 6.07 Å². The summed E-state index contributed by atoms with van der Waals surface area (Å²) in [5.74, 6) is -0.0380. The highest BCUT2D eigenvalue weighted by molar-refractivity contribution is 5.57. The maximum atomic E-state index is 9.53. The largest absolute Gasteiger partial charge is 0.352 e. The molecule has 3 aliphatic rings. The summed E-state index contributed by atoms with van der Waals surface area (Å²) in [6.45, 7) is 4.57. The van der Waals surface area contributed by atoms with Gasteiger partial charge in [0.1, 0.15) is 6.17 Å². The second-order valence-corrected chi connectivity index (χ2v) is 8.78. The minimum absolute atomic E-state index is 0.136. The molecule has 5 rings (SSSR count). The number of rotatable bonds is 3. The number of aryl methyl sites for hydroxylation is 1. The molecule has 3 unspecified atom stereocenters. The highest BCUT2D eigenvalue weighted by Crippen LogP contribution is 2.47. The van der Waals surface area contributed by atoms with Gasteiger partial charge in [-0.2, -0.15) is 0 Å². The van der Waals surface area contributed by atoms with E-state index < -0.39 is 5.89 Å². The van der Waals surface area contributed by atoms with Crippen molar-refractivity contribution in [3.63, 3.8) is 0 Å². The number of fused-ring (bicyclic) bond motifs is 1. The first-order valence-electron chi connectivity index (χ1n) is 11.5. The smallest absolute Gasteiger partial charge is 0.105 e. The molecule has 0 radical (unpaired) electrons. The predicted molar refractivity (Wildman–Crippen MR) is 117 cm³/mol. The van der Waals surface area contributed by atoms with Crippen molar-refractivity contribution in [2.24, 2.45) is 5.92 Å². The second-order valence-electron chi connectivity index (χ2n) is 8.78. The summed E-state index contributed by atoms with van der Waals surface area (Å²) in [5.41, 5.74) is 3.78. The van der Waals surface area contributed by atoms with Crippen molar-refractivity contribution in [2.75, 3.05) is 4.90 Å². The van der Waals surface area contributed by atoms with Crippen LogP contribution in [0.4, 0.5) is 5.69 Å². The van der Waals surface area contributed by atoms with Crippen LogP contribution in [0.2, 0.25) is 0 Å². The van der Waals surface area contributed by atoms with Crippen LogP contribution < -0.4 is 4.90 Å². The van der Waals surface area contributed by atoms with Crippen LogP contribution in [0.3, 0.4) is 0 Å². The van der Waals surface area contributed by atoms with E-state index in [1.165, 1.54) is 43.4 Å². The van der Waals surface area contributed by atoms with E-state index >= 15 is 0 Å².